The Morgan fingerprint density at radius 1 is 1.29 bits per heavy atom. The Morgan fingerprint density at radius 3 is 2.71 bits per heavy atom. The number of halogens is 1. The van der Waals surface area contributed by atoms with E-state index in [2.05, 4.69) is 30.3 Å². The summed E-state index contributed by atoms with van der Waals surface area (Å²) in [5, 5.41) is 4.02. The third kappa shape index (κ3) is 4.21. The van der Waals surface area contributed by atoms with E-state index >= 15 is 0 Å². The van der Waals surface area contributed by atoms with Gasteiger partial charge >= 0.3 is 0 Å². The number of unbranched alkanes of at least 4 members (excludes halogenated alkanes) is 2. The maximum atomic E-state index is 6.25. The summed E-state index contributed by atoms with van der Waals surface area (Å²) in [5.41, 5.74) is 2.43. The van der Waals surface area contributed by atoms with Gasteiger partial charge < -0.3 is 10.2 Å². The van der Waals surface area contributed by atoms with E-state index in [9.17, 15) is 0 Å². The summed E-state index contributed by atoms with van der Waals surface area (Å²) < 4.78 is 0. The van der Waals surface area contributed by atoms with Crippen molar-refractivity contribution in [1.29, 1.82) is 0 Å². The summed E-state index contributed by atoms with van der Waals surface area (Å²) in [5.74, 6) is 0. The molecule has 1 aromatic rings. The normalized spacial score (nSPS) is 10.6. The first-order valence-electron chi connectivity index (χ1n) is 6.33. The third-order valence-electron chi connectivity index (χ3n) is 2.96. The van der Waals surface area contributed by atoms with E-state index in [0.717, 1.165) is 18.1 Å². The number of nitrogens with one attached hydrogen (secondary N) is 1. The Kier molecular flexibility index (Phi) is 6.38. The number of rotatable bonds is 7. The smallest absolute Gasteiger partial charge is 0.0471 e. The van der Waals surface area contributed by atoms with Gasteiger partial charge in [-0.1, -0.05) is 37.4 Å². The van der Waals surface area contributed by atoms with Crippen molar-refractivity contribution in [1.82, 2.24) is 5.32 Å². The lowest BCUT2D eigenvalue weighted by atomic mass is 10.1. The quantitative estimate of drug-likeness (QED) is 0.747. The van der Waals surface area contributed by atoms with Gasteiger partial charge in [0.25, 0.3) is 0 Å². The zero-order chi connectivity index (χ0) is 12.7. The summed E-state index contributed by atoms with van der Waals surface area (Å²) in [6.07, 6.45) is 3.78. The van der Waals surface area contributed by atoms with Crippen molar-refractivity contribution in [2.45, 2.75) is 32.7 Å². The average Bonchev–Trinajstić information content (AvgIpc) is 2.32. The van der Waals surface area contributed by atoms with Gasteiger partial charge in [-0.3, -0.25) is 0 Å². The van der Waals surface area contributed by atoms with Gasteiger partial charge in [-0.15, -0.1) is 0 Å². The van der Waals surface area contributed by atoms with Crippen LogP contribution in [0.5, 0.6) is 0 Å². The molecule has 0 aliphatic heterocycles. The summed E-state index contributed by atoms with van der Waals surface area (Å²) >= 11 is 6.25. The molecule has 1 aromatic carbocycles. The minimum Gasteiger partial charge on any atom is -0.374 e. The fraction of sp³-hybridized carbons (Fsp3) is 0.571. The van der Waals surface area contributed by atoms with Crippen molar-refractivity contribution in [3.8, 4) is 0 Å². The second kappa shape index (κ2) is 7.57. The van der Waals surface area contributed by atoms with Gasteiger partial charge in [-0.05, 0) is 25.6 Å². The monoisotopic (exact) mass is 254 g/mol. The molecule has 0 aromatic heterocycles. The van der Waals surface area contributed by atoms with Crippen LogP contribution < -0.4 is 10.2 Å². The molecular formula is C14H23ClN2. The zero-order valence-corrected chi connectivity index (χ0v) is 11.8. The van der Waals surface area contributed by atoms with Gasteiger partial charge in [0.1, 0.15) is 0 Å². The maximum absolute atomic E-state index is 6.25. The molecule has 3 heteroatoms. The minimum absolute atomic E-state index is 0.813. The second-order valence-corrected chi connectivity index (χ2v) is 4.80. The van der Waals surface area contributed by atoms with Gasteiger partial charge in [-0.2, -0.15) is 0 Å². The summed E-state index contributed by atoms with van der Waals surface area (Å²) in [6, 6.07) is 6.12. The Hall–Kier alpha value is -0.730. The summed E-state index contributed by atoms with van der Waals surface area (Å²) in [6.45, 7) is 4.13. The van der Waals surface area contributed by atoms with Crippen LogP contribution in [-0.4, -0.2) is 20.6 Å². The summed E-state index contributed by atoms with van der Waals surface area (Å²) in [4.78, 5) is 2.30. The Balaban J connectivity index is 2.77. The van der Waals surface area contributed by atoms with Crippen LogP contribution in [-0.2, 0) is 6.54 Å². The molecule has 0 unspecified atom stereocenters. The Bertz CT molecular complexity index is 339. The van der Waals surface area contributed by atoms with Crippen LogP contribution in [0.2, 0.25) is 5.02 Å². The highest BCUT2D eigenvalue weighted by Crippen LogP contribution is 2.27. The number of nitrogens with zero attached hydrogens (tertiary/aromatic N) is 1. The molecule has 0 fully saturated rings. The van der Waals surface area contributed by atoms with Crippen molar-refractivity contribution >= 4 is 17.3 Å². The Morgan fingerprint density at radius 2 is 2.06 bits per heavy atom. The molecule has 0 heterocycles. The molecule has 0 amide bonds. The topological polar surface area (TPSA) is 15.3 Å². The predicted octanol–water partition coefficient (Wildman–Crippen LogP) is 3.69. The first-order chi connectivity index (χ1) is 8.20. The molecule has 0 spiro atoms. The highest BCUT2D eigenvalue weighted by molar-refractivity contribution is 6.31. The first-order valence-corrected chi connectivity index (χ1v) is 6.71. The maximum Gasteiger partial charge on any atom is 0.0471 e. The van der Waals surface area contributed by atoms with Gasteiger partial charge in [0.15, 0.2) is 0 Å². The largest absolute Gasteiger partial charge is 0.374 e. The van der Waals surface area contributed by atoms with Gasteiger partial charge in [0.05, 0.1) is 0 Å². The number of anilines is 1. The fourth-order valence-electron chi connectivity index (χ4n) is 1.98. The van der Waals surface area contributed by atoms with Gasteiger partial charge in [0, 0.05) is 36.4 Å². The van der Waals surface area contributed by atoms with Crippen LogP contribution in [0.1, 0.15) is 31.7 Å². The Labute approximate surface area is 110 Å². The highest BCUT2D eigenvalue weighted by atomic mass is 35.5. The molecule has 0 saturated heterocycles. The van der Waals surface area contributed by atoms with E-state index in [4.69, 9.17) is 11.6 Å². The lowest BCUT2D eigenvalue weighted by molar-refractivity contribution is 0.701. The van der Waals surface area contributed by atoms with Gasteiger partial charge in [0.2, 0.25) is 0 Å². The average molecular weight is 255 g/mol. The van der Waals surface area contributed by atoms with Crippen molar-refractivity contribution in [2.24, 2.45) is 0 Å². The molecule has 17 heavy (non-hydrogen) atoms. The van der Waals surface area contributed by atoms with Crippen LogP contribution >= 0.6 is 11.6 Å². The van der Waals surface area contributed by atoms with Gasteiger partial charge in [-0.25, -0.2) is 0 Å². The van der Waals surface area contributed by atoms with Crippen LogP contribution in [0, 0.1) is 0 Å². The van der Waals surface area contributed by atoms with Crippen molar-refractivity contribution in [2.75, 3.05) is 25.5 Å². The van der Waals surface area contributed by atoms with Crippen molar-refractivity contribution < 1.29 is 0 Å². The van der Waals surface area contributed by atoms with Crippen molar-refractivity contribution in [3.63, 3.8) is 0 Å². The first kappa shape index (κ1) is 14.3. The highest BCUT2D eigenvalue weighted by Gasteiger charge is 2.09. The molecule has 0 aliphatic rings. The molecule has 0 radical (unpaired) electrons. The van der Waals surface area contributed by atoms with Crippen LogP contribution in [0.15, 0.2) is 18.2 Å². The second-order valence-electron chi connectivity index (χ2n) is 4.40. The van der Waals surface area contributed by atoms with Crippen LogP contribution in [0.25, 0.3) is 0 Å². The molecule has 96 valence electrons. The molecule has 0 aliphatic carbocycles. The standard InChI is InChI=1S/C14H23ClN2/c1-4-5-6-10-17(3)14-9-7-8-13(15)12(14)11-16-2/h7-9,16H,4-6,10-11H2,1-3H3. The minimum atomic E-state index is 0.813. The van der Waals surface area contributed by atoms with E-state index in [-0.39, 0.29) is 0 Å². The predicted molar refractivity (Wildman–Crippen MR) is 77.0 cm³/mol. The molecule has 1 rings (SSSR count). The number of benzene rings is 1. The molecule has 2 nitrogen and oxygen atoms in total. The van der Waals surface area contributed by atoms with Crippen molar-refractivity contribution in [3.05, 3.63) is 28.8 Å². The van der Waals surface area contributed by atoms with E-state index in [1.165, 1.54) is 30.5 Å². The third-order valence-corrected chi connectivity index (χ3v) is 3.31. The number of hydrogen-bond acceptors (Lipinski definition) is 2. The summed E-state index contributed by atoms with van der Waals surface area (Å²) in [7, 11) is 4.09. The SMILES string of the molecule is CCCCCN(C)c1cccc(Cl)c1CNC. The van der Waals surface area contributed by atoms with Crippen LogP contribution in [0.4, 0.5) is 5.69 Å². The fourth-order valence-corrected chi connectivity index (χ4v) is 2.21. The van der Waals surface area contributed by atoms with E-state index in [1.54, 1.807) is 0 Å². The molecule has 0 atom stereocenters. The van der Waals surface area contributed by atoms with E-state index < -0.39 is 0 Å². The lowest BCUT2D eigenvalue weighted by Crippen LogP contribution is -2.21. The van der Waals surface area contributed by atoms with E-state index in [1.807, 2.05) is 19.2 Å². The van der Waals surface area contributed by atoms with E-state index in [0.29, 0.717) is 0 Å². The lowest BCUT2D eigenvalue weighted by Gasteiger charge is -2.23. The number of hydrogen-bond donors (Lipinski definition) is 1. The molecule has 0 bridgehead atoms. The van der Waals surface area contributed by atoms with Crippen LogP contribution in [0.3, 0.4) is 0 Å². The molecular weight excluding hydrogens is 232 g/mol. The molecule has 0 saturated carbocycles. The zero-order valence-electron chi connectivity index (χ0n) is 11.1. The molecule has 1 N–H and O–H groups in total.